The van der Waals surface area contributed by atoms with Crippen LogP contribution < -0.4 is 0 Å². The second-order valence-corrected chi connectivity index (χ2v) is 1.32. The first kappa shape index (κ1) is 6.98. The Kier molecular flexibility index (Phi) is 4.14. The molecule has 0 rings (SSSR count). The van der Waals surface area contributed by atoms with Gasteiger partial charge in [-0.3, -0.25) is 0 Å². The minimum Gasteiger partial charge on any atom is -0.427 e. The highest BCUT2D eigenvalue weighted by atomic mass is 16.5. The average Bonchev–Trinajstić information content (AvgIpc) is 1.68. The zero-order valence-corrected chi connectivity index (χ0v) is 4.85. The summed E-state index contributed by atoms with van der Waals surface area (Å²) in [6.45, 7) is 4.33. The minimum atomic E-state index is -0.551. The fourth-order valence-corrected chi connectivity index (χ4v) is 0.310. The van der Waals surface area contributed by atoms with Crippen molar-refractivity contribution in [2.75, 3.05) is 6.61 Å². The van der Waals surface area contributed by atoms with Crippen molar-refractivity contribution in [1.29, 1.82) is 0 Å². The average molecular weight is 102 g/mol. The smallest absolute Gasteiger partial charge is 0.427 e. The van der Waals surface area contributed by atoms with Crippen molar-refractivity contribution in [3.8, 4) is 0 Å². The van der Waals surface area contributed by atoms with E-state index in [2.05, 4.69) is 0 Å². The molecule has 0 aliphatic carbocycles. The Hall–Kier alpha value is -0.0151. The number of hydrogen-bond donors (Lipinski definition) is 1. The van der Waals surface area contributed by atoms with Gasteiger partial charge in [0.25, 0.3) is 0 Å². The lowest BCUT2D eigenvalue weighted by Gasteiger charge is -1.98. The Bertz CT molecular complexity index is 40.7. The Labute approximate surface area is 44.6 Å². The van der Waals surface area contributed by atoms with Crippen molar-refractivity contribution in [1.82, 2.24) is 0 Å². The van der Waals surface area contributed by atoms with Crippen LogP contribution in [0.25, 0.3) is 0 Å². The van der Waals surface area contributed by atoms with Crippen LogP contribution in [0, 0.1) is 0 Å². The van der Waals surface area contributed by atoms with Crippen LogP contribution in [-0.4, -0.2) is 18.7 Å². The first-order valence-electron chi connectivity index (χ1n) is 2.61. The summed E-state index contributed by atoms with van der Waals surface area (Å²) in [5, 5.41) is 8.64. The van der Waals surface area contributed by atoms with Crippen LogP contribution in [0.5, 0.6) is 0 Å². The summed E-state index contributed by atoms with van der Waals surface area (Å²) < 4.78 is 4.75. The first-order valence-corrected chi connectivity index (χ1v) is 2.61. The third kappa shape index (κ3) is 3.82. The molecule has 0 aromatic heterocycles. The van der Waals surface area contributed by atoms with Gasteiger partial charge in [-0.1, -0.05) is 6.92 Å². The second kappa shape index (κ2) is 4.15. The molecule has 42 valence electrons. The highest BCUT2D eigenvalue weighted by Gasteiger charge is 2.04. The van der Waals surface area contributed by atoms with Crippen LogP contribution in [0.3, 0.4) is 0 Å². The molecule has 0 bridgehead atoms. The lowest BCUT2D eigenvalue weighted by molar-refractivity contribution is 0.276. The summed E-state index contributed by atoms with van der Waals surface area (Å²) in [5.41, 5.74) is 0. The van der Waals surface area contributed by atoms with Crippen molar-refractivity contribution >= 4 is 7.12 Å². The molecule has 2 nitrogen and oxygen atoms in total. The minimum absolute atomic E-state index is 0.551. The van der Waals surface area contributed by atoms with E-state index in [1.54, 1.807) is 0 Å². The molecule has 0 fully saturated rings. The molecule has 0 radical (unpaired) electrons. The van der Waals surface area contributed by atoms with Gasteiger partial charge in [-0.05, 0) is 13.2 Å². The highest BCUT2D eigenvalue weighted by Crippen LogP contribution is 1.85. The van der Waals surface area contributed by atoms with Gasteiger partial charge in [0.05, 0.1) is 0 Å². The summed E-state index contributed by atoms with van der Waals surface area (Å²) in [4.78, 5) is 0. The molecule has 0 unspecified atom stereocenters. The largest absolute Gasteiger partial charge is 0.453 e. The fourth-order valence-electron chi connectivity index (χ4n) is 0.310. The van der Waals surface area contributed by atoms with Crippen LogP contribution >= 0.6 is 0 Å². The van der Waals surface area contributed by atoms with E-state index >= 15 is 0 Å². The van der Waals surface area contributed by atoms with Crippen molar-refractivity contribution in [2.45, 2.75) is 20.2 Å². The van der Waals surface area contributed by atoms with E-state index in [0.29, 0.717) is 12.9 Å². The van der Waals surface area contributed by atoms with E-state index in [1.165, 1.54) is 0 Å². The fraction of sp³-hybridized carbons (Fsp3) is 1.00. The van der Waals surface area contributed by atoms with Gasteiger partial charge < -0.3 is 9.68 Å². The molecule has 0 atom stereocenters. The van der Waals surface area contributed by atoms with Gasteiger partial charge in [0.15, 0.2) is 0 Å². The van der Waals surface area contributed by atoms with E-state index in [0.717, 1.165) is 0 Å². The molecule has 0 saturated heterocycles. The van der Waals surface area contributed by atoms with Gasteiger partial charge in [0.1, 0.15) is 0 Å². The highest BCUT2D eigenvalue weighted by molar-refractivity contribution is 6.42. The van der Waals surface area contributed by atoms with E-state index in [4.69, 9.17) is 9.68 Å². The zero-order valence-electron chi connectivity index (χ0n) is 4.85. The molecule has 0 aromatic carbocycles. The molecule has 3 heteroatoms. The maximum atomic E-state index is 8.64. The van der Waals surface area contributed by atoms with E-state index in [1.807, 2.05) is 13.8 Å². The Morgan fingerprint density at radius 1 is 1.57 bits per heavy atom. The Balaban J connectivity index is 2.83. The number of hydrogen-bond acceptors (Lipinski definition) is 2. The first-order chi connectivity index (χ1) is 3.31. The second-order valence-electron chi connectivity index (χ2n) is 1.32. The van der Waals surface area contributed by atoms with Gasteiger partial charge in [-0.25, -0.2) is 0 Å². The summed E-state index contributed by atoms with van der Waals surface area (Å²) >= 11 is 0. The molecule has 0 aliphatic rings. The molecule has 0 aromatic rings. The predicted molar refractivity (Wildman–Crippen MR) is 30.1 cm³/mol. The summed E-state index contributed by atoms with van der Waals surface area (Å²) in [7, 11) is -0.551. The van der Waals surface area contributed by atoms with Gasteiger partial charge in [-0.2, -0.15) is 0 Å². The topological polar surface area (TPSA) is 29.5 Å². The molecule has 0 spiro atoms. The maximum absolute atomic E-state index is 8.64. The third-order valence-electron chi connectivity index (χ3n) is 0.708. The van der Waals surface area contributed by atoms with Gasteiger partial charge in [-0.15, -0.1) is 0 Å². The lowest BCUT2D eigenvalue weighted by atomic mass is 9.87. The normalized spacial score (nSPS) is 9.00. The summed E-state index contributed by atoms with van der Waals surface area (Å²) in [6.07, 6.45) is 0.674. The SMILES string of the molecule is CCOB(O)CC. The van der Waals surface area contributed by atoms with Crippen LogP contribution in [0.1, 0.15) is 13.8 Å². The number of rotatable bonds is 3. The van der Waals surface area contributed by atoms with Gasteiger partial charge in [0.2, 0.25) is 0 Å². The van der Waals surface area contributed by atoms with Crippen LogP contribution in [0.15, 0.2) is 0 Å². The van der Waals surface area contributed by atoms with Gasteiger partial charge >= 0.3 is 7.12 Å². The van der Waals surface area contributed by atoms with Crippen LogP contribution in [0.4, 0.5) is 0 Å². The van der Waals surface area contributed by atoms with Crippen molar-refractivity contribution in [3.05, 3.63) is 0 Å². The van der Waals surface area contributed by atoms with E-state index in [-0.39, 0.29) is 0 Å². The monoisotopic (exact) mass is 102 g/mol. The quantitative estimate of drug-likeness (QED) is 0.526. The molecule has 7 heavy (non-hydrogen) atoms. The molecule has 0 saturated carbocycles. The van der Waals surface area contributed by atoms with E-state index < -0.39 is 7.12 Å². The third-order valence-corrected chi connectivity index (χ3v) is 0.708. The Morgan fingerprint density at radius 3 is 2.29 bits per heavy atom. The molecule has 0 aliphatic heterocycles. The molecule has 0 amide bonds. The summed E-state index contributed by atoms with van der Waals surface area (Å²) in [6, 6.07) is 0. The maximum Gasteiger partial charge on any atom is 0.453 e. The Morgan fingerprint density at radius 2 is 2.14 bits per heavy atom. The lowest BCUT2D eigenvalue weighted by Crippen LogP contribution is -2.15. The van der Waals surface area contributed by atoms with Crippen molar-refractivity contribution < 1.29 is 9.68 Å². The standard InChI is InChI=1S/C4H11BO2/c1-3-5(6)7-4-2/h6H,3-4H2,1-2H3. The molecule has 1 N–H and O–H groups in total. The van der Waals surface area contributed by atoms with Crippen molar-refractivity contribution in [3.63, 3.8) is 0 Å². The predicted octanol–water partition coefficient (Wildman–Crippen LogP) is 0.523. The molecule has 0 heterocycles. The zero-order chi connectivity index (χ0) is 5.70. The summed E-state index contributed by atoms with van der Waals surface area (Å²) in [5.74, 6) is 0. The van der Waals surface area contributed by atoms with E-state index in [9.17, 15) is 0 Å². The van der Waals surface area contributed by atoms with Gasteiger partial charge in [0, 0.05) is 6.61 Å². The van der Waals surface area contributed by atoms with Crippen molar-refractivity contribution in [2.24, 2.45) is 0 Å². The molecular formula is C4H11BO2. The van der Waals surface area contributed by atoms with Crippen LogP contribution in [-0.2, 0) is 4.65 Å². The van der Waals surface area contributed by atoms with Crippen LogP contribution in [0.2, 0.25) is 6.32 Å². The molecular weight excluding hydrogens is 90.9 g/mol.